The van der Waals surface area contributed by atoms with Crippen LogP contribution in [0.2, 0.25) is 0 Å². The number of ether oxygens (including phenoxy) is 2. The van der Waals surface area contributed by atoms with E-state index in [0.717, 1.165) is 0 Å². The highest BCUT2D eigenvalue weighted by Crippen LogP contribution is 1.83. The first-order valence-corrected chi connectivity index (χ1v) is 4.39. The van der Waals surface area contributed by atoms with E-state index in [4.69, 9.17) is 0 Å². The standard InChI is InChI=1S/C4H8O2.C3H6OS2/c1-3-6-4(2)5;1-2-4-3(5)6/h3H2,1-2H3;2H2,1H3,(H,5,6). The summed E-state index contributed by atoms with van der Waals surface area (Å²) in [6.07, 6.45) is 0. The van der Waals surface area contributed by atoms with Gasteiger partial charge < -0.3 is 9.47 Å². The minimum Gasteiger partial charge on any atom is -0.479 e. The molecule has 0 aliphatic carbocycles. The summed E-state index contributed by atoms with van der Waals surface area (Å²) in [7, 11) is 0. The van der Waals surface area contributed by atoms with Crippen LogP contribution in [0, 0.1) is 0 Å². The third-order valence-corrected chi connectivity index (χ3v) is 0.862. The van der Waals surface area contributed by atoms with E-state index in [-0.39, 0.29) is 5.97 Å². The Hall–Kier alpha value is -0.290. The largest absolute Gasteiger partial charge is 0.479 e. The lowest BCUT2D eigenvalue weighted by Crippen LogP contribution is -1.95. The summed E-state index contributed by atoms with van der Waals surface area (Å²) in [5.41, 5.74) is 0. The van der Waals surface area contributed by atoms with Crippen molar-refractivity contribution in [2.24, 2.45) is 0 Å². The highest BCUT2D eigenvalue weighted by atomic mass is 32.1. The van der Waals surface area contributed by atoms with Crippen molar-refractivity contribution in [2.75, 3.05) is 13.2 Å². The highest BCUT2D eigenvalue weighted by molar-refractivity contribution is 8.10. The molecule has 0 aliphatic heterocycles. The van der Waals surface area contributed by atoms with Gasteiger partial charge in [0.15, 0.2) is 0 Å². The van der Waals surface area contributed by atoms with Crippen LogP contribution in [0.1, 0.15) is 20.8 Å². The topological polar surface area (TPSA) is 35.5 Å². The van der Waals surface area contributed by atoms with Gasteiger partial charge in [0, 0.05) is 6.92 Å². The zero-order chi connectivity index (χ0) is 9.98. The Morgan fingerprint density at radius 1 is 1.33 bits per heavy atom. The number of esters is 1. The molecule has 0 saturated heterocycles. The van der Waals surface area contributed by atoms with Gasteiger partial charge in [-0.3, -0.25) is 4.79 Å². The maximum absolute atomic E-state index is 9.82. The van der Waals surface area contributed by atoms with Gasteiger partial charge in [-0.2, -0.15) is 0 Å². The molecule has 0 unspecified atom stereocenters. The van der Waals surface area contributed by atoms with Gasteiger partial charge in [0.05, 0.1) is 13.2 Å². The first-order valence-electron chi connectivity index (χ1n) is 3.53. The summed E-state index contributed by atoms with van der Waals surface area (Å²) in [4.78, 5) is 9.82. The van der Waals surface area contributed by atoms with Gasteiger partial charge in [0.1, 0.15) is 0 Å². The summed E-state index contributed by atoms with van der Waals surface area (Å²) in [6, 6.07) is 0. The Bertz CT molecular complexity index is 121. The molecular formula is C7H14O3S2. The SMILES string of the molecule is CCOC(=S)S.CCOC(C)=O. The van der Waals surface area contributed by atoms with Crippen LogP contribution in [0.3, 0.4) is 0 Å². The average Bonchev–Trinajstić information content (AvgIpc) is 1.87. The van der Waals surface area contributed by atoms with Gasteiger partial charge in [-0.05, 0) is 26.1 Å². The van der Waals surface area contributed by atoms with Crippen molar-refractivity contribution < 1.29 is 14.3 Å². The Kier molecular flexibility index (Phi) is 12.7. The Morgan fingerprint density at radius 2 is 1.75 bits per heavy atom. The molecule has 0 fully saturated rings. The normalized spacial score (nSPS) is 7.67. The maximum atomic E-state index is 9.82. The van der Waals surface area contributed by atoms with Crippen molar-refractivity contribution >= 4 is 35.2 Å². The molecule has 3 nitrogen and oxygen atoms in total. The molecule has 5 heteroatoms. The molecule has 0 aliphatic rings. The predicted molar refractivity (Wildman–Crippen MR) is 55.5 cm³/mol. The number of rotatable bonds is 2. The summed E-state index contributed by atoms with van der Waals surface area (Å²) < 4.78 is 9.36. The fraction of sp³-hybridized carbons (Fsp3) is 0.714. The molecular weight excluding hydrogens is 196 g/mol. The highest BCUT2D eigenvalue weighted by Gasteiger charge is 1.81. The summed E-state index contributed by atoms with van der Waals surface area (Å²) >= 11 is 8.12. The van der Waals surface area contributed by atoms with Crippen LogP contribution in [0.5, 0.6) is 0 Å². The molecule has 0 aromatic heterocycles. The molecule has 0 radical (unpaired) electrons. The molecule has 0 amide bonds. The summed E-state index contributed by atoms with van der Waals surface area (Å²) in [5.74, 6) is -0.211. The maximum Gasteiger partial charge on any atom is 0.302 e. The third kappa shape index (κ3) is 22.6. The van der Waals surface area contributed by atoms with Crippen molar-refractivity contribution in [3.05, 3.63) is 0 Å². The number of hydrogen-bond donors (Lipinski definition) is 1. The number of carbonyl (C=O) groups is 1. The van der Waals surface area contributed by atoms with E-state index < -0.39 is 0 Å². The van der Waals surface area contributed by atoms with Crippen molar-refractivity contribution in [2.45, 2.75) is 20.8 Å². The van der Waals surface area contributed by atoms with Crippen LogP contribution in [0.4, 0.5) is 0 Å². The zero-order valence-corrected chi connectivity index (χ0v) is 9.21. The van der Waals surface area contributed by atoms with E-state index in [1.54, 1.807) is 6.92 Å². The smallest absolute Gasteiger partial charge is 0.302 e. The molecule has 0 saturated carbocycles. The molecule has 0 heterocycles. The molecule has 12 heavy (non-hydrogen) atoms. The van der Waals surface area contributed by atoms with Crippen molar-refractivity contribution in [3.63, 3.8) is 0 Å². The van der Waals surface area contributed by atoms with Gasteiger partial charge >= 0.3 is 5.97 Å². The van der Waals surface area contributed by atoms with Gasteiger partial charge in [0.25, 0.3) is 0 Å². The van der Waals surface area contributed by atoms with Gasteiger partial charge in [0.2, 0.25) is 4.38 Å². The summed E-state index contributed by atoms with van der Waals surface area (Å²) in [5, 5.41) is 0. The van der Waals surface area contributed by atoms with Crippen LogP contribution in [-0.2, 0) is 14.3 Å². The van der Waals surface area contributed by atoms with Crippen LogP contribution < -0.4 is 0 Å². The monoisotopic (exact) mass is 210 g/mol. The van der Waals surface area contributed by atoms with Crippen molar-refractivity contribution in [3.8, 4) is 0 Å². The van der Waals surface area contributed by atoms with Crippen LogP contribution in [-0.4, -0.2) is 23.6 Å². The molecule has 0 N–H and O–H groups in total. The second-order valence-corrected chi connectivity index (χ2v) is 2.70. The molecule has 0 spiro atoms. The van der Waals surface area contributed by atoms with E-state index in [2.05, 4.69) is 34.3 Å². The van der Waals surface area contributed by atoms with Crippen molar-refractivity contribution in [1.29, 1.82) is 0 Å². The molecule has 72 valence electrons. The Labute approximate surface area is 83.8 Å². The molecule has 0 atom stereocenters. The number of thiocarbonyl (C=S) groups is 1. The van der Waals surface area contributed by atoms with Crippen molar-refractivity contribution in [1.82, 2.24) is 0 Å². The lowest BCUT2D eigenvalue weighted by molar-refractivity contribution is -0.140. The predicted octanol–water partition coefficient (Wildman–Crippen LogP) is 1.81. The van der Waals surface area contributed by atoms with Crippen LogP contribution in [0.15, 0.2) is 0 Å². The fourth-order valence-electron chi connectivity index (χ4n) is 0.327. The first-order chi connectivity index (χ1) is 5.54. The third-order valence-electron chi connectivity index (χ3n) is 0.615. The van der Waals surface area contributed by atoms with Gasteiger partial charge in [-0.15, -0.1) is 0 Å². The number of hydrogen-bond acceptors (Lipinski definition) is 4. The van der Waals surface area contributed by atoms with E-state index in [9.17, 15) is 4.79 Å². The van der Waals surface area contributed by atoms with Gasteiger partial charge in [-0.1, -0.05) is 12.6 Å². The lowest BCUT2D eigenvalue weighted by Gasteiger charge is -1.92. The van der Waals surface area contributed by atoms with E-state index in [1.165, 1.54) is 6.92 Å². The minimum absolute atomic E-state index is 0.211. The number of carbonyl (C=O) groups excluding carboxylic acids is 1. The van der Waals surface area contributed by atoms with Gasteiger partial charge in [-0.25, -0.2) is 0 Å². The second-order valence-electron chi connectivity index (χ2n) is 1.62. The Balaban J connectivity index is 0. The molecule has 0 aromatic carbocycles. The van der Waals surface area contributed by atoms with E-state index >= 15 is 0 Å². The fourth-order valence-corrected chi connectivity index (χ4v) is 0.574. The van der Waals surface area contributed by atoms with E-state index in [0.29, 0.717) is 17.6 Å². The molecule has 0 bridgehead atoms. The lowest BCUT2D eigenvalue weighted by atomic mass is 10.8. The first kappa shape index (κ1) is 14.2. The molecule has 0 rings (SSSR count). The Morgan fingerprint density at radius 3 is 1.75 bits per heavy atom. The quantitative estimate of drug-likeness (QED) is 0.428. The zero-order valence-electron chi connectivity index (χ0n) is 7.49. The molecule has 0 aromatic rings. The summed E-state index contributed by atoms with van der Waals surface area (Å²) in [6.45, 7) is 6.13. The number of thiol groups is 1. The second kappa shape index (κ2) is 10.7. The average molecular weight is 210 g/mol. The van der Waals surface area contributed by atoms with Crippen LogP contribution in [0.25, 0.3) is 0 Å². The van der Waals surface area contributed by atoms with Crippen LogP contribution >= 0.6 is 24.8 Å². The minimum atomic E-state index is -0.211. The van der Waals surface area contributed by atoms with E-state index in [1.807, 2.05) is 6.92 Å².